The lowest BCUT2D eigenvalue weighted by Gasteiger charge is -2.40. The highest BCUT2D eigenvalue weighted by molar-refractivity contribution is 6.33. The minimum Gasteiger partial charge on any atom is -0.383 e. The first-order valence-corrected chi connectivity index (χ1v) is 8.73. The van der Waals surface area contributed by atoms with Crippen molar-refractivity contribution in [2.24, 2.45) is 0 Å². The summed E-state index contributed by atoms with van der Waals surface area (Å²) in [6, 6.07) is 0.371. The molecule has 0 aromatic carbocycles. The van der Waals surface area contributed by atoms with Crippen molar-refractivity contribution in [3.63, 3.8) is 0 Å². The van der Waals surface area contributed by atoms with E-state index in [4.69, 9.17) is 11.6 Å². The molecule has 1 aliphatic rings. The van der Waals surface area contributed by atoms with Gasteiger partial charge in [0, 0.05) is 30.9 Å². The molecule has 0 amide bonds. The van der Waals surface area contributed by atoms with Crippen LogP contribution in [-0.2, 0) is 4.79 Å². The molecule has 0 radical (unpaired) electrons. The standard InChI is InChI=1S/C16H24ClFN2O.C2H6/c1-3-4-6-14(12-21)16(17)9-13(2)19-15-10-20(11-15)8-5-7-18;1-2/h4,6,9,12,15,19H,3,5,7-8,10-11H2,1-2H3;1-2H3/b6-4+,13-9+,16-14-;. The Morgan fingerprint density at radius 3 is 2.57 bits per heavy atom. The second kappa shape index (κ2) is 13.3. The Morgan fingerprint density at radius 2 is 2.04 bits per heavy atom. The number of allylic oxidation sites excluding steroid dienone is 6. The summed E-state index contributed by atoms with van der Waals surface area (Å²) in [6.45, 7) is 10.3. The van der Waals surface area contributed by atoms with Crippen molar-refractivity contribution in [2.75, 3.05) is 26.3 Å². The van der Waals surface area contributed by atoms with Gasteiger partial charge in [-0.1, -0.05) is 44.5 Å². The molecule has 0 aromatic heterocycles. The minimum atomic E-state index is -0.256. The van der Waals surface area contributed by atoms with Crippen LogP contribution in [0, 0.1) is 0 Å². The van der Waals surface area contributed by atoms with E-state index < -0.39 is 0 Å². The van der Waals surface area contributed by atoms with E-state index in [0.29, 0.717) is 23.1 Å². The van der Waals surface area contributed by atoms with E-state index in [0.717, 1.165) is 38.0 Å². The summed E-state index contributed by atoms with van der Waals surface area (Å²) in [5, 5.41) is 3.79. The summed E-state index contributed by atoms with van der Waals surface area (Å²) in [5.74, 6) is 0. The van der Waals surface area contributed by atoms with Crippen molar-refractivity contribution >= 4 is 17.9 Å². The number of nitrogens with zero attached hydrogens (tertiary/aromatic N) is 1. The molecule has 0 aliphatic carbocycles. The molecule has 1 rings (SSSR count). The summed E-state index contributed by atoms with van der Waals surface area (Å²) in [4.78, 5) is 13.2. The van der Waals surface area contributed by atoms with Gasteiger partial charge in [0.25, 0.3) is 0 Å². The molecule has 1 saturated heterocycles. The van der Waals surface area contributed by atoms with Crippen molar-refractivity contribution in [1.29, 1.82) is 0 Å². The number of hydrogen-bond donors (Lipinski definition) is 1. The van der Waals surface area contributed by atoms with Crippen LogP contribution >= 0.6 is 11.6 Å². The fraction of sp³-hybridized carbons (Fsp3) is 0.611. The lowest BCUT2D eigenvalue weighted by atomic mass is 10.1. The fourth-order valence-corrected chi connectivity index (χ4v) is 2.46. The first-order chi connectivity index (χ1) is 11.1. The number of nitrogens with one attached hydrogen (secondary N) is 1. The Kier molecular flexibility index (Phi) is 12.7. The van der Waals surface area contributed by atoms with Gasteiger partial charge in [0.15, 0.2) is 6.29 Å². The molecular weight excluding hydrogens is 315 g/mol. The molecule has 1 N–H and O–H groups in total. The van der Waals surface area contributed by atoms with E-state index in [2.05, 4.69) is 10.2 Å². The highest BCUT2D eigenvalue weighted by atomic mass is 35.5. The number of hydrogen-bond acceptors (Lipinski definition) is 3. The predicted octanol–water partition coefficient (Wildman–Crippen LogP) is 4.21. The van der Waals surface area contributed by atoms with E-state index in [1.807, 2.05) is 33.8 Å². The molecule has 0 aromatic rings. The molecular formula is C18H30ClFN2O. The second-order valence-corrected chi connectivity index (χ2v) is 5.61. The van der Waals surface area contributed by atoms with Gasteiger partial charge < -0.3 is 5.32 Å². The van der Waals surface area contributed by atoms with Crippen LogP contribution in [0.3, 0.4) is 0 Å². The van der Waals surface area contributed by atoms with E-state index in [9.17, 15) is 9.18 Å². The highest BCUT2D eigenvalue weighted by Gasteiger charge is 2.25. The fourth-order valence-electron chi connectivity index (χ4n) is 2.18. The van der Waals surface area contributed by atoms with Crippen LogP contribution in [0.2, 0.25) is 0 Å². The van der Waals surface area contributed by atoms with Crippen molar-refractivity contribution in [3.8, 4) is 0 Å². The molecule has 0 spiro atoms. The molecule has 1 aliphatic heterocycles. The van der Waals surface area contributed by atoms with E-state index in [-0.39, 0.29) is 6.67 Å². The maximum Gasteiger partial charge on any atom is 0.151 e. The number of carbonyl (C=O) groups is 1. The number of rotatable bonds is 9. The number of carbonyl (C=O) groups excluding carboxylic acids is 1. The summed E-state index contributed by atoms with van der Waals surface area (Å²) >= 11 is 6.15. The molecule has 0 unspecified atom stereocenters. The van der Waals surface area contributed by atoms with Gasteiger partial charge in [-0.15, -0.1) is 0 Å². The van der Waals surface area contributed by atoms with Crippen LogP contribution in [0.15, 0.2) is 34.5 Å². The predicted molar refractivity (Wildman–Crippen MR) is 97.4 cm³/mol. The molecule has 132 valence electrons. The van der Waals surface area contributed by atoms with Crippen LogP contribution < -0.4 is 5.32 Å². The van der Waals surface area contributed by atoms with Gasteiger partial charge in [-0.2, -0.15) is 0 Å². The van der Waals surface area contributed by atoms with Crippen molar-refractivity contribution in [2.45, 2.75) is 46.6 Å². The number of likely N-dealkylation sites (tertiary alicyclic amines) is 1. The van der Waals surface area contributed by atoms with Crippen LogP contribution in [0.1, 0.15) is 40.5 Å². The largest absolute Gasteiger partial charge is 0.383 e. The average molecular weight is 345 g/mol. The van der Waals surface area contributed by atoms with E-state index >= 15 is 0 Å². The van der Waals surface area contributed by atoms with Crippen molar-refractivity contribution in [1.82, 2.24) is 10.2 Å². The van der Waals surface area contributed by atoms with Crippen molar-refractivity contribution in [3.05, 3.63) is 34.5 Å². The molecule has 1 fully saturated rings. The molecule has 0 saturated carbocycles. The minimum absolute atomic E-state index is 0.256. The first kappa shape index (κ1) is 21.9. The molecule has 3 nitrogen and oxygen atoms in total. The number of alkyl halides is 1. The highest BCUT2D eigenvalue weighted by Crippen LogP contribution is 2.15. The Hall–Kier alpha value is -1.13. The molecule has 1 heterocycles. The molecule has 0 bridgehead atoms. The maximum absolute atomic E-state index is 12.1. The van der Waals surface area contributed by atoms with Gasteiger partial charge >= 0.3 is 0 Å². The Balaban J connectivity index is 0.00000232. The summed E-state index contributed by atoms with van der Waals surface area (Å²) < 4.78 is 12.1. The third kappa shape index (κ3) is 8.92. The van der Waals surface area contributed by atoms with Gasteiger partial charge in [0.2, 0.25) is 0 Å². The third-order valence-electron chi connectivity index (χ3n) is 3.28. The smallest absolute Gasteiger partial charge is 0.151 e. The lowest BCUT2D eigenvalue weighted by molar-refractivity contribution is -0.104. The molecule has 23 heavy (non-hydrogen) atoms. The van der Waals surface area contributed by atoms with Gasteiger partial charge in [0.1, 0.15) is 0 Å². The van der Waals surface area contributed by atoms with Gasteiger partial charge in [-0.05, 0) is 25.8 Å². The summed E-state index contributed by atoms with van der Waals surface area (Å²) in [5.41, 5.74) is 1.41. The maximum atomic E-state index is 12.1. The Labute approximate surface area is 145 Å². The number of halogens is 2. The second-order valence-electron chi connectivity index (χ2n) is 5.20. The van der Waals surface area contributed by atoms with Crippen molar-refractivity contribution < 1.29 is 9.18 Å². The average Bonchev–Trinajstić information content (AvgIpc) is 2.52. The normalized spacial score (nSPS) is 17.2. The van der Waals surface area contributed by atoms with E-state index in [1.165, 1.54) is 0 Å². The third-order valence-corrected chi connectivity index (χ3v) is 3.60. The lowest BCUT2D eigenvalue weighted by Crippen LogP contribution is -2.57. The zero-order chi connectivity index (χ0) is 17.7. The monoisotopic (exact) mass is 344 g/mol. The van der Waals surface area contributed by atoms with E-state index in [1.54, 1.807) is 12.2 Å². The van der Waals surface area contributed by atoms with Crippen LogP contribution in [0.4, 0.5) is 4.39 Å². The molecule has 0 atom stereocenters. The summed E-state index contributed by atoms with van der Waals surface area (Å²) in [7, 11) is 0. The Morgan fingerprint density at radius 1 is 1.39 bits per heavy atom. The van der Waals surface area contributed by atoms with Gasteiger partial charge in [-0.3, -0.25) is 14.1 Å². The quantitative estimate of drug-likeness (QED) is 0.386. The number of aldehydes is 1. The van der Waals surface area contributed by atoms with Crippen LogP contribution in [0.5, 0.6) is 0 Å². The van der Waals surface area contributed by atoms with Gasteiger partial charge in [-0.25, -0.2) is 0 Å². The van der Waals surface area contributed by atoms with Crippen LogP contribution in [0.25, 0.3) is 0 Å². The SMILES string of the molecule is CC.CC/C=C/C(C=O)=C(Cl)\C=C(/C)NC1CN(CCCF)C1. The van der Waals surface area contributed by atoms with Gasteiger partial charge in [0.05, 0.1) is 17.7 Å². The zero-order valence-electron chi connectivity index (χ0n) is 14.7. The van der Waals surface area contributed by atoms with Crippen LogP contribution in [-0.4, -0.2) is 43.5 Å². The zero-order valence-corrected chi connectivity index (χ0v) is 15.5. The topological polar surface area (TPSA) is 32.3 Å². The Bertz CT molecular complexity index is 427. The molecule has 5 heteroatoms. The first-order valence-electron chi connectivity index (χ1n) is 8.35. The summed E-state index contributed by atoms with van der Waals surface area (Å²) in [6.07, 6.45) is 7.64.